The monoisotopic (exact) mass is 297 g/mol. The number of amides is 1. The molecule has 0 aromatic heterocycles. The van der Waals surface area contributed by atoms with Crippen molar-refractivity contribution in [3.05, 3.63) is 35.1 Å². The van der Waals surface area contributed by atoms with Gasteiger partial charge in [0.05, 0.1) is 18.8 Å². The molecule has 0 spiro atoms. The van der Waals surface area contributed by atoms with Crippen LogP contribution in [0, 0.1) is 12.7 Å². The highest BCUT2D eigenvalue weighted by atomic mass is 19.1. The zero-order valence-corrected chi connectivity index (χ0v) is 13.0. The highest BCUT2D eigenvalue weighted by Gasteiger charge is 2.19. The summed E-state index contributed by atoms with van der Waals surface area (Å²) in [4.78, 5) is 14.0. The van der Waals surface area contributed by atoms with Crippen LogP contribution in [0.5, 0.6) is 0 Å². The first kappa shape index (κ1) is 17.6. The van der Waals surface area contributed by atoms with Gasteiger partial charge in [0.2, 0.25) is 0 Å². The van der Waals surface area contributed by atoms with Gasteiger partial charge in [-0.1, -0.05) is 6.07 Å². The number of carbonyl (C=O) groups excluding carboxylic acids is 1. The zero-order chi connectivity index (χ0) is 15.7. The molecule has 0 bridgehead atoms. The third-order valence-electron chi connectivity index (χ3n) is 3.06. The number of ether oxygens (including phenoxy) is 2. The maximum Gasteiger partial charge on any atom is 0.256 e. The van der Waals surface area contributed by atoms with E-state index in [0.29, 0.717) is 39.5 Å². The molecule has 0 atom stereocenters. The van der Waals surface area contributed by atoms with Crippen molar-refractivity contribution >= 4 is 5.91 Å². The summed E-state index contributed by atoms with van der Waals surface area (Å²) in [5.41, 5.74) is 0.882. The van der Waals surface area contributed by atoms with Crippen LogP contribution in [-0.4, -0.2) is 50.3 Å². The molecule has 0 aliphatic heterocycles. The molecule has 0 saturated heterocycles. The Morgan fingerprint density at radius 2 is 1.71 bits per heavy atom. The van der Waals surface area contributed by atoms with Gasteiger partial charge in [0.15, 0.2) is 0 Å². The highest BCUT2D eigenvalue weighted by molar-refractivity contribution is 5.94. The van der Waals surface area contributed by atoms with E-state index in [1.165, 1.54) is 12.1 Å². The SMILES string of the molecule is CCOCCN(CCOCC)C(=O)c1ccc(C)cc1F. The first-order chi connectivity index (χ1) is 10.1. The molecule has 0 aliphatic carbocycles. The van der Waals surface area contributed by atoms with E-state index in [1.54, 1.807) is 17.9 Å². The lowest BCUT2D eigenvalue weighted by molar-refractivity contribution is 0.0546. The van der Waals surface area contributed by atoms with E-state index in [-0.39, 0.29) is 11.5 Å². The van der Waals surface area contributed by atoms with Crippen LogP contribution in [0.1, 0.15) is 29.8 Å². The average molecular weight is 297 g/mol. The molecule has 0 fully saturated rings. The Bertz CT molecular complexity index is 441. The van der Waals surface area contributed by atoms with Crippen LogP contribution in [0.25, 0.3) is 0 Å². The van der Waals surface area contributed by atoms with E-state index < -0.39 is 5.82 Å². The smallest absolute Gasteiger partial charge is 0.256 e. The second-order valence-corrected chi connectivity index (χ2v) is 4.67. The summed E-state index contributed by atoms with van der Waals surface area (Å²) in [6, 6.07) is 4.64. The first-order valence-corrected chi connectivity index (χ1v) is 7.31. The van der Waals surface area contributed by atoms with Crippen LogP contribution in [0.3, 0.4) is 0 Å². The predicted molar refractivity (Wildman–Crippen MR) is 80.0 cm³/mol. The molecule has 0 aliphatic rings. The molecule has 0 unspecified atom stereocenters. The van der Waals surface area contributed by atoms with Crippen molar-refractivity contribution in [2.75, 3.05) is 39.5 Å². The number of halogens is 1. The van der Waals surface area contributed by atoms with E-state index >= 15 is 0 Å². The van der Waals surface area contributed by atoms with Crippen LogP contribution < -0.4 is 0 Å². The number of aryl methyl sites for hydroxylation is 1. The number of nitrogens with zero attached hydrogens (tertiary/aromatic N) is 1. The van der Waals surface area contributed by atoms with Crippen LogP contribution in [-0.2, 0) is 9.47 Å². The third-order valence-corrected chi connectivity index (χ3v) is 3.06. The molecule has 0 heterocycles. The van der Waals surface area contributed by atoms with Crippen LogP contribution in [0.15, 0.2) is 18.2 Å². The van der Waals surface area contributed by atoms with Crippen molar-refractivity contribution in [1.82, 2.24) is 4.90 Å². The van der Waals surface area contributed by atoms with Crippen molar-refractivity contribution in [3.63, 3.8) is 0 Å². The van der Waals surface area contributed by atoms with Crippen molar-refractivity contribution in [3.8, 4) is 0 Å². The second-order valence-electron chi connectivity index (χ2n) is 4.67. The Morgan fingerprint density at radius 1 is 1.14 bits per heavy atom. The zero-order valence-electron chi connectivity index (χ0n) is 13.0. The Balaban J connectivity index is 2.76. The minimum atomic E-state index is -0.488. The van der Waals surface area contributed by atoms with Gasteiger partial charge >= 0.3 is 0 Å². The number of rotatable bonds is 9. The summed E-state index contributed by atoms with van der Waals surface area (Å²) < 4.78 is 24.5. The normalized spacial score (nSPS) is 10.7. The largest absolute Gasteiger partial charge is 0.380 e. The van der Waals surface area contributed by atoms with E-state index in [4.69, 9.17) is 9.47 Å². The molecular weight excluding hydrogens is 273 g/mol. The lowest BCUT2D eigenvalue weighted by Gasteiger charge is -2.23. The molecule has 21 heavy (non-hydrogen) atoms. The number of benzene rings is 1. The molecule has 0 radical (unpaired) electrons. The lowest BCUT2D eigenvalue weighted by atomic mass is 10.1. The van der Waals surface area contributed by atoms with Gasteiger partial charge in [-0.05, 0) is 38.5 Å². The standard InChI is InChI=1S/C16H24FNO3/c1-4-20-10-8-18(9-11-21-5-2)16(19)14-7-6-13(3)12-15(14)17/h6-7,12H,4-5,8-11H2,1-3H3. The van der Waals surface area contributed by atoms with Crippen molar-refractivity contribution in [2.24, 2.45) is 0 Å². The molecule has 1 amide bonds. The minimum absolute atomic E-state index is 0.0913. The lowest BCUT2D eigenvalue weighted by Crippen LogP contribution is -2.37. The fourth-order valence-electron chi connectivity index (χ4n) is 1.92. The highest BCUT2D eigenvalue weighted by Crippen LogP contribution is 2.12. The topological polar surface area (TPSA) is 38.8 Å². The van der Waals surface area contributed by atoms with Crippen LogP contribution in [0.4, 0.5) is 4.39 Å². The number of hydrogen-bond acceptors (Lipinski definition) is 3. The maximum atomic E-state index is 13.9. The van der Waals surface area contributed by atoms with Crippen molar-refractivity contribution in [2.45, 2.75) is 20.8 Å². The molecule has 0 saturated carbocycles. The Labute approximate surface area is 125 Å². The first-order valence-electron chi connectivity index (χ1n) is 7.31. The van der Waals surface area contributed by atoms with Crippen LogP contribution >= 0.6 is 0 Å². The van der Waals surface area contributed by atoms with Gasteiger partial charge in [-0.15, -0.1) is 0 Å². The van der Waals surface area contributed by atoms with Gasteiger partial charge in [-0.3, -0.25) is 4.79 Å². The second kappa shape index (κ2) is 9.47. The molecule has 4 nitrogen and oxygen atoms in total. The van der Waals surface area contributed by atoms with Crippen molar-refractivity contribution < 1.29 is 18.7 Å². The molecular formula is C16H24FNO3. The van der Waals surface area contributed by atoms with Gasteiger partial charge in [0.1, 0.15) is 5.82 Å². The Hall–Kier alpha value is -1.46. The third kappa shape index (κ3) is 5.81. The molecule has 118 valence electrons. The Kier molecular flexibility index (Phi) is 7.93. The van der Waals surface area contributed by atoms with E-state index in [2.05, 4.69) is 0 Å². The van der Waals surface area contributed by atoms with Gasteiger partial charge in [-0.2, -0.15) is 0 Å². The summed E-state index contributed by atoms with van der Waals surface area (Å²) in [6.07, 6.45) is 0. The number of hydrogen-bond donors (Lipinski definition) is 0. The average Bonchev–Trinajstić information content (AvgIpc) is 2.45. The fraction of sp³-hybridized carbons (Fsp3) is 0.562. The van der Waals surface area contributed by atoms with Gasteiger partial charge in [0.25, 0.3) is 5.91 Å². The Morgan fingerprint density at radius 3 is 2.19 bits per heavy atom. The summed E-state index contributed by atoms with van der Waals surface area (Å²) in [7, 11) is 0. The summed E-state index contributed by atoms with van der Waals surface area (Å²) in [5.74, 6) is -0.815. The van der Waals surface area contributed by atoms with Crippen molar-refractivity contribution in [1.29, 1.82) is 0 Å². The summed E-state index contributed by atoms with van der Waals surface area (Å²) >= 11 is 0. The molecule has 5 heteroatoms. The van der Waals surface area contributed by atoms with E-state index in [9.17, 15) is 9.18 Å². The predicted octanol–water partition coefficient (Wildman–Crippen LogP) is 2.65. The molecule has 0 N–H and O–H groups in total. The van der Waals surface area contributed by atoms with Gasteiger partial charge in [-0.25, -0.2) is 4.39 Å². The minimum Gasteiger partial charge on any atom is -0.380 e. The number of carbonyl (C=O) groups is 1. The maximum absolute atomic E-state index is 13.9. The van der Waals surface area contributed by atoms with Crippen LogP contribution in [0.2, 0.25) is 0 Å². The van der Waals surface area contributed by atoms with E-state index in [0.717, 1.165) is 5.56 Å². The summed E-state index contributed by atoms with van der Waals surface area (Å²) in [5, 5.41) is 0. The van der Waals surface area contributed by atoms with Gasteiger partial charge < -0.3 is 14.4 Å². The molecule has 1 aromatic carbocycles. The molecule has 1 aromatic rings. The van der Waals surface area contributed by atoms with E-state index in [1.807, 2.05) is 13.8 Å². The molecule has 1 rings (SSSR count). The fourth-order valence-corrected chi connectivity index (χ4v) is 1.92. The quantitative estimate of drug-likeness (QED) is 0.658. The summed E-state index contributed by atoms with van der Waals surface area (Å²) in [6.45, 7) is 8.47. The van der Waals surface area contributed by atoms with Gasteiger partial charge in [0, 0.05) is 26.3 Å².